The molecule has 0 aromatic heterocycles. The van der Waals surface area contributed by atoms with E-state index in [0.29, 0.717) is 24.6 Å². The molecule has 1 aliphatic heterocycles. The summed E-state index contributed by atoms with van der Waals surface area (Å²) in [5.41, 5.74) is 5.77. The highest BCUT2D eigenvalue weighted by atomic mass is 32.2. The summed E-state index contributed by atoms with van der Waals surface area (Å²) in [6.07, 6.45) is 2.84. The van der Waals surface area contributed by atoms with Gasteiger partial charge in [-0.05, 0) is 43.4 Å². The van der Waals surface area contributed by atoms with Crippen LogP contribution in [0.2, 0.25) is 0 Å². The number of rotatable bonds is 3. The van der Waals surface area contributed by atoms with Crippen LogP contribution in [0.4, 0.5) is 10.1 Å². The van der Waals surface area contributed by atoms with E-state index < -0.39 is 15.8 Å². The lowest BCUT2D eigenvalue weighted by Crippen LogP contribution is -2.38. The van der Waals surface area contributed by atoms with E-state index in [-0.39, 0.29) is 10.6 Å². The highest BCUT2D eigenvalue weighted by Gasteiger charge is 2.30. The Hall–Kier alpha value is -1.14. The average molecular weight is 300 g/mol. The molecule has 0 atom stereocenters. The van der Waals surface area contributed by atoms with Crippen LogP contribution in [0.1, 0.15) is 31.7 Å². The Bertz CT molecular complexity index is 593. The molecule has 4 nitrogen and oxygen atoms in total. The number of nitrogen functional groups attached to an aromatic ring is 1. The largest absolute Gasteiger partial charge is 0.396 e. The molecule has 1 fully saturated rings. The smallest absolute Gasteiger partial charge is 0.243 e. The number of benzene rings is 1. The Morgan fingerprint density at radius 3 is 2.50 bits per heavy atom. The van der Waals surface area contributed by atoms with Crippen LogP contribution in [-0.2, 0) is 10.0 Å². The Morgan fingerprint density at radius 2 is 1.95 bits per heavy atom. The van der Waals surface area contributed by atoms with Gasteiger partial charge in [-0.1, -0.05) is 13.3 Å². The van der Waals surface area contributed by atoms with Crippen LogP contribution >= 0.6 is 0 Å². The third-order valence-corrected chi connectivity index (χ3v) is 6.10. The van der Waals surface area contributed by atoms with Gasteiger partial charge in [0.2, 0.25) is 10.0 Å². The molecular weight excluding hydrogens is 279 g/mol. The van der Waals surface area contributed by atoms with E-state index in [4.69, 9.17) is 5.73 Å². The lowest BCUT2D eigenvalue weighted by atomic mass is 9.96. The second-order valence-electron chi connectivity index (χ2n) is 5.39. The van der Waals surface area contributed by atoms with Gasteiger partial charge >= 0.3 is 0 Å². The lowest BCUT2D eigenvalue weighted by Gasteiger charge is -2.31. The maximum atomic E-state index is 13.4. The first-order chi connectivity index (χ1) is 9.36. The molecule has 1 aliphatic rings. The number of piperidine rings is 1. The van der Waals surface area contributed by atoms with Crippen molar-refractivity contribution in [2.45, 2.75) is 38.0 Å². The summed E-state index contributed by atoms with van der Waals surface area (Å²) in [5, 5.41) is 0. The molecule has 0 amide bonds. The molecule has 1 heterocycles. The fourth-order valence-corrected chi connectivity index (χ4v) is 4.35. The van der Waals surface area contributed by atoms with Crippen LogP contribution in [0.5, 0.6) is 0 Å². The SMILES string of the molecule is CCC1CCN(S(=O)(=O)c2cc(N)c(F)cc2C)CC1. The van der Waals surface area contributed by atoms with Crippen LogP contribution in [0.25, 0.3) is 0 Å². The molecule has 6 heteroatoms. The van der Waals surface area contributed by atoms with E-state index in [2.05, 4.69) is 6.92 Å². The van der Waals surface area contributed by atoms with Crippen molar-refractivity contribution in [3.05, 3.63) is 23.5 Å². The monoisotopic (exact) mass is 300 g/mol. The van der Waals surface area contributed by atoms with Crippen molar-refractivity contribution < 1.29 is 12.8 Å². The molecule has 0 aliphatic carbocycles. The quantitative estimate of drug-likeness (QED) is 0.872. The number of hydrogen-bond acceptors (Lipinski definition) is 3. The second-order valence-corrected chi connectivity index (χ2v) is 7.30. The molecule has 0 spiro atoms. The minimum Gasteiger partial charge on any atom is -0.396 e. The Balaban J connectivity index is 2.30. The molecule has 1 aromatic carbocycles. The number of anilines is 1. The van der Waals surface area contributed by atoms with E-state index >= 15 is 0 Å². The van der Waals surface area contributed by atoms with Crippen molar-refractivity contribution >= 4 is 15.7 Å². The van der Waals surface area contributed by atoms with Gasteiger partial charge in [-0.3, -0.25) is 0 Å². The molecule has 1 aromatic rings. The van der Waals surface area contributed by atoms with Gasteiger partial charge in [0.25, 0.3) is 0 Å². The molecule has 1 saturated heterocycles. The number of aryl methyl sites for hydroxylation is 1. The molecule has 0 radical (unpaired) electrons. The minimum absolute atomic E-state index is 0.117. The Labute approximate surface area is 119 Å². The third kappa shape index (κ3) is 2.81. The Kier molecular flexibility index (Phi) is 4.34. The summed E-state index contributed by atoms with van der Waals surface area (Å²) >= 11 is 0. The maximum Gasteiger partial charge on any atom is 0.243 e. The predicted octanol–water partition coefficient (Wildman–Crippen LogP) is 2.53. The highest BCUT2D eigenvalue weighted by molar-refractivity contribution is 7.89. The van der Waals surface area contributed by atoms with Gasteiger partial charge in [-0.25, -0.2) is 12.8 Å². The van der Waals surface area contributed by atoms with E-state index in [1.807, 2.05) is 0 Å². The zero-order valence-corrected chi connectivity index (χ0v) is 12.7. The zero-order chi connectivity index (χ0) is 14.9. The molecule has 0 unspecified atom stereocenters. The van der Waals surface area contributed by atoms with Crippen LogP contribution in [-0.4, -0.2) is 25.8 Å². The zero-order valence-electron chi connectivity index (χ0n) is 11.9. The van der Waals surface area contributed by atoms with E-state index in [1.54, 1.807) is 6.92 Å². The molecule has 2 N–H and O–H groups in total. The van der Waals surface area contributed by atoms with Crippen molar-refractivity contribution in [1.82, 2.24) is 4.31 Å². The molecule has 0 bridgehead atoms. The first-order valence-electron chi connectivity index (χ1n) is 6.92. The van der Waals surface area contributed by atoms with Gasteiger partial charge in [-0.2, -0.15) is 4.31 Å². The predicted molar refractivity (Wildman–Crippen MR) is 77.3 cm³/mol. The summed E-state index contributed by atoms with van der Waals surface area (Å²) in [6.45, 7) is 4.77. The first-order valence-corrected chi connectivity index (χ1v) is 8.36. The molecule has 20 heavy (non-hydrogen) atoms. The number of sulfonamides is 1. The van der Waals surface area contributed by atoms with Gasteiger partial charge < -0.3 is 5.73 Å². The van der Waals surface area contributed by atoms with Crippen molar-refractivity contribution in [1.29, 1.82) is 0 Å². The van der Waals surface area contributed by atoms with Crippen LogP contribution in [0.15, 0.2) is 17.0 Å². The Morgan fingerprint density at radius 1 is 1.35 bits per heavy atom. The maximum absolute atomic E-state index is 13.4. The minimum atomic E-state index is -3.58. The highest BCUT2D eigenvalue weighted by Crippen LogP contribution is 2.28. The van der Waals surface area contributed by atoms with E-state index in [1.165, 1.54) is 16.4 Å². The average Bonchev–Trinajstić information content (AvgIpc) is 2.42. The molecule has 2 rings (SSSR count). The third-order valence-electron chi connectivity index (χ3n) is 4.06. The lowest BCUT2D eigenvalue weighted by molar-refractivity contribution is 0.269. The number of nitrogens with zero attached hydrogens (tertiary/aromatic N) is 1. The molecule has 112 valence electrons. The molecule has 0 saturated carbocycles. The number of halogens is 1. The van der Waals surface area contributed by atoms with E-state index in [0.717, 1.165) is 19.3 Å². The fraction of sp³-hybridized carbons (Fsp3) is 0.571. The first kappa shape index (κ1) is 15.3. The van der Waals surface area contributed by atoms with Crippen molar-refractivity contribution in [2.75, 3.05) is 18.8 Å². The summed E-state index contributed by atoms with van der Waals surface area (Å²) in [4.78, 5) is 0.117. The van der Waals surface area contributed by atoms with Crippen molar-refractivity contribution in [3.63, 3.8) is 0 Å². The van der Waals surface area contributed by atoms with Gasteiger partial charge in [0, 0.05) is 13.1 Å². The van der Waals surface area contributed by atoms with Crippen LogP contribution in [0, 0.1) is 18.7 Å². The summed E-state index contributed by atoms with van der Waals surface area (Å²) < 4.78 is 40.1. The number of nitrogens with two attached hydrogens (primary N) is 1. The van der Waals surface area contributed by atoms with Gasteiger partial charge in [-0.15, -0.1) is 0 Å². The van der Waals surface area contributed by atoms with E-state index in [9.17, 15) is 12.8 Å². The van der Waals surface area contributed by atoms with Crippen molar-refractivity contribution in [3.8, 4) is 0 Å². The van der Waals surface area contributed by atoms with Gasteiger partial charge in [0.05, 0.1) is 10.6 Å². The van der Waals surface area contributed by atoms with Crippen molar-refractivity contribution in [2.24, 2.45) is 5.92 Å². The normalized spacial score (nSPS) is 18.4. The summed E-state index contributed by atoms with van der Waals surface area (Å²) in [7, 11) is -3.58. The standard InChI is InChI=1S/C14H21FN2O2S/c1-3-11-4-6-17(7-5-11)20(18,19)14-9-13(16)12(15)8-10(14)2/h8-9,11H,3-7,16H2,1-2H3. The summed E-state index contributed by atoms with van der Waals surface area (Å²) in [5.74, 6) is 0.0203. The van der Waals surface area contributed by atoms with Crippen LogP contribution < -0.4 is 5.73 Å². The van der Waals surface area contributed by atoms with Gasteiger partial charge in [0.1, 0.15) is 5.82 Å². The number of hydrogen-bond donors (Lipinski definition) is 1. The fourth-order valence-electron chi connectivity index (χ4n) is 2.64. The molecular formula is C14H21FN2O2S. The topological polar surface area (TPSA) is 63.4 Å². The van der Waals surface area contributed by atoms with Crippen LogP contribution in [0.3, 0.4) is 0 Å². The summed E-state index contributed by atoms with van der Waals surface area (Å²) in [6, 6.07) is 2.41. The second kappa shape index (κ2) is 5.69. The van der Waals surface area contributed by atoms with Gasteiger partial charge in [0.15, 0.2) is 0 Å².